The number of oxazole rings is 1. The Morgan fingerprint density at radius 1 is 1.21 bits per heavy atom. The summed E-state index contributed by atoms with van der Waals surface area (Å²) >= 11 is 0. The average molecular weight is 481 g/mol. The summed E-state index contributed by atoms with van der Waals surface area (Å²) in [5, 5.41) is 0. The van der Waals surface area contributed by atoms with Crippen LogP contribution in [0.25, 0.3) is 11.1 Å². The average Bonchev–Trinajstić information content (AvgIpc) is 3.11. The lowest BCUT2D eigenvalue weighted by molar-refractivity contribution is 0.489. The molecule has 0 aliphatic heterocycles. The van der Waals surface area contributed by atoms with Gasteiger partial charge in [-0.15, -0.1) is 0 Å². The largest absolute Gasteiger partial charge is 0.420 e. The predicted octanol–water partition coefficient (Wildman–Crippen LogP) is 3.16. The number of pyridine rings is 1. The zero-order valence-electron chi connectivity index (χ0n) is 18.4. The third kappa shape index (κ3) is 4.57. The van der Waals surface area contributed by atoms with Crippen LogP contribution in [0.1, 0.15) is 29.7 Å². The first-order chi connectivity index (χ1) is 16.2. The van der Waals surface area contributed by atoms with Crippen molar-refractivity contribution in [3.05, 3.63) is 87.8 Å². The van der Waals surface area contributed by atoms with Gasteiger partial charge in [0.15, 0.2) is 5.58 Å². The van der Waals surface area contributed by atoms with Gasteiger partial charge in [-0.2, -0.15) is 4.39 Å². The van der Waals surface area contributed by atoms with E-state index >= 15 is 0 Å². The van der Waals surface area contributed by atoms with Gasteiger partial charge in [0.2, 0.25) is 5.95 Å². The van der Waals surface area contributed by atoms with Crippen LogP contribution in [0.2, 0.25) is 0 Å². The van der Waals surface area contributed by atoms with Crippen molar-refractivity contribution in [1.82, 2.24) is 9.55 Å². The van der Waals surface area contributed by atoms with E-state index in [0.29, 0.717) is 11.1 Å². The van der Waals surface area contributed by atoms with Crippen LogP contribution < -0.4 is 16.2 Å². The second-order valence-electron chi connectivity index (χ2n) is 7.58. The van der Waals surface area contributed by atoms with Gasteiger partial charge in [0.1, 0.15) is 5.82 Å². The number of aromatic nitrogens is 2. The van der Waals surface area contributed by atoms with Gasteiger partial charge in [0.25, 0.3) is 10.0 Å². The van der Waals surface area contributed by atoms with Crippen LogP contribution in [0.15, 0.2) is 68.7 Å². The van der Waals surface area contributed by atoms with Gasteiger partial charge in [-0.25, -0.2) is 18.2 Å². The summed E-state index contributed by atoms with van der Waals surface area (Å²) in [6.45, 7) is 3.67. The first kappa shape index (κ1) is 23.2. The zero-order valence-corrected chi connectivity index (χ0v) is 19.2. The van der Waals surface area contributed by atoms with Crippen molar-refractivity contribution in [3.8, 4) is 11.8 Å². The summed E-state index contributed by atoms with van der Waals surface area (Å²) in [5.41, 5.74) is 7.95. The van der Waals surface area contributed by atoms with Crippen LogP contribution in [0.5, 0.6) is 0 Å². The third-order valence-electron chi connectivity index (χ3n) is 5.24. The van der Waals surface area contributed by atoms with Crippen molar-refractivity contribution in [1.29, 1.82) is 0 Å². The maximum absolute atomic E-state index is 13.4. The van der Waals surface area contributed by atoms with E-state index in [4.69, 9.17) is 10.2 Å². The quantitative estimate of drug-likeness (QED) is 0.334. The first-order valence-corrected chi connectivity index (χ1v) is 11.8. The molecule has 0 saturated heterocycles. The third-order valence-corrected chi connectivity index (χ3v) is 6.74. The molecule has 34 heavy (non-hydrogen) atoms. The Bertz CT molecular complexity index is 1610. The molecular weight excluding hydrogens is 459 g/mol. The van der Waals surface area contributed by atoms with E-state index < -0.39 is 27.8 Å². The molecule has 2 aromatic heterocycles. The Morgan fingerprint density at radius 3 is 2.71 bits per heavy atom. The van der Waals surface area contributed by atoms with Gasteiger partial charge >= 0.3 is 5.76 Å². The van der Waals surface area contributed by atoms with Gasteiger partial charge in [-0.1, -0.05) is 30.0 Å². The molecule has 10 heteroatoms. The van der Waals surface area contributed by atoms with E-state index in [1.807, 2.05) is 31.2 Å². The molecule has 0 bridgehead atoms. The Kier molecular flexibility index (Phi) is 6.24. The van der Waals surface area contributed by atoms with Crippen molar-refractivity contribution in [3.63, 3.8) is 0 Å². The van der Waals surface area contributed by atoms with E-state index in [-0.39, 0.29) is 22.8 Å². The molecule has 0 spiro atoms. The van der Waals surface area contributed by atoms with E-state index in [1.54, 1.807) is 13.0 Å². The SMILES string of the molecule is Cc1cc2c(cc1S(=O)(=O)Nc1cccc(F)n1)oc(=O)n2C(C)c1cccc(C#CCN)c1. The van der Waals surface area contributed by atoms with Gasteiger partial charge < -0.3 is 10.2 Å². The molecule has 0 fully saturated rings. The van der Waals surface area contributed by atoms with Crippen molar-refractivity contribution in [2.75, 3.05) is 11.3 Å². The lowest BCUT2D eigenvalue weighted by Gasteiger charge is -2.14. The number of nitrogens with zero attached hydrogens (tertiary/aromatic N) is 2. The van der Waals surface area contributed by atoms with E-state index in [2.05, 4.69) is 21.5 Å². The molecule has 0 aliphatic rings. The lowest BCUT2D eigenvalue weighted by atomic mass is 10.0. The van der Waals surface area contributed by atoms with Crippen LogP contribution in [0.3, 0.4) is 0 Å². The fourth-order valence-electron chi connectivity index (χ4n) is 3.66. The van der Waals surface area contributed by atoms with Gasteiger partial charge in [-0.05, 0) is 55.3 Å². The van der Waals surface area contributed by atoms with Crippen molar-refractivity contribution in [2.45, 2.75) is 24.8 Å². The van der Waals surface area contributed by atoms with Crippen LogP contribution in [-0.4, -0.2) is 24.5 Å². The van der Waals surface area contributed by atoms with Gasteiger partial charge in [-0.3, -0.25) is 9.29 Å². The molecule has 8 nitrogen and oxygen atoms in total. The highest BCUT2D eigenvalue weighted by molar-refractivity contribution is 7.92. The van der Waals surface area contributed by atoms with Crippen molar-refractivity contribution in [2.24, 2.45) is 5.73 Å². The molecule has 2 heterocycles. The standard InChI is InChI=1S/C24H21FN4O4S/c1-15-12-19-20(14-21(15)34(31,32)28-23-10-4-9-22(25)27-23)33-24(30)29(19)16(2)18-8-3-6-17(13-18)7-5-11-26/h3-4,6,8-10,12-14,16H,11,26H2,1-2H3,(H,27,28). The monoisotopic (exact) mass is 480 g/mol. The highest BCUT2D eigenvalue weighted by Crippen LogP contribution is 2.28. The number of sulfonamides is 1. The number of halogens is 1. The number of hydrogen-bond acceptors (Lipinski definition) is 6. The number of nitrogens with two attached hydrogens (primary N) is 1. The summed E-state index contributed by atoms with van der Waals surface area (Å²) in [6, 6.07) is 13.6. The second kappa shape index (κ2) is 9.13. The summed E-state index contributed by atoms with van der Waals surface area (Å²) in [4.78, 5) is 16.2. The Hall–Kier alpha value is -3.94. The number of anilines is 1. The molecule has 4 aromatic rings. The molecular formula is C24H21FN4O4S. The Balaban J connectivity index is 1.76. The van der Waals surface area contributed by atoms with E-state index in [1.165, 1.54) is 22.8 Å². The minimum Gasteiger partial charge on any atom is -0.408 e. The molecule has 4 rings (SSSR count). The van der Waals surface area contributed by atoms with E-state index in [9.17, 15) is 17.6 Å². The second-order valence-corrected chi connectivity index (χ2v) is 9.23. The molecule has 2 aromatic carbocycles. The molecule has 0 saturated carbocycles. The van der Waals surface area contributed by atoms with Crippen LogP contribution in [0, 0.1) is 24.7 Å². The zero-order chi connectivity index (χ0) is 24.5. The van der Waals surface area contributed by atoms with Gasteiger partial charge in [0.05, 0.1) is 23.0 Å². The van der Waals surface area contributed by atoms with Crippen LogP contribution >= 0.6 is 0 Å². The molecule has 1 unspecified atom stereocenters. The first-order valence-electron chi connectivity index (χ1n) is 10.3. The number of fused-ring (bicyclic) bond motifs is 1. The number of rotatable bonds is 5. The maximum Gasteiger partial charge on any atom is 0.420 e. The predicted molar refractivity (Wildman–Crippen MR) is 126 cm³/mol. The molecule has 0 aliphatic carbocycles. The molecule has 174 valence electrons. The number of benzene rings is 2. The van der Waals surface area contributed by atoms with Crippen LogP contribution in [0.4, 0.5) is 10.2 Å². The topological polar surface area (TPSA) is 120 Å². The fraction of sp³-hybridized carbons (Fsp3) is 0.167. The Morgan fingerprint density at radius 2 is 1.97 bits per heavy atom. The normalized spacial score (nSPS) is 12.2. The number of aryl methyl sites for hydroxylation is 1. The Labute approximate surface area is 195 Å². The maximum atomic E-state index is 13.4. The lowest BCUT2D eigenvalue weighted by Crippen LogP contribution is -2.19. The minimum atomic E-state index is -4.12. The number of nitrogens with one attached hydrogen (secondary N) is 1. The van der Waals surface area contributed by atoms with Crippen molar-refractivity contribution < 1.29 is 17.2 Å². The fourth-order valence-corrected chi connectivity index (χ4v) is 4.90. The van der Waals surface area contributed by atoms with Crippen molar-refractivity contribution >= 4 is 26.9 Å². The smallest absolute Gasteiger partial charge is 0.408 e. The highest BCUT2D eigenvalue weighted by atomic mass is 32.2. The molecule has 0 radical (unpaired) electrons. The summed E-state index contributed by atoms with van der Waals surface area (Å²) in [7, 11) is -4.12. The summed E-state index contributed by atoms with van der Waals surface area (Å²) in [5.74, 6) is 4.15. The van der Waals surface area contributed by atoms with E-state index in [0.717, 1.165) is 17.2 Å². The van der Waals surface area contributed by atoms with Crippen LogP contribution in [-0.2, 0) is 10.0 Å². The summed E-state index contributed by atoms with van der Waals surface area (Å²) < 4.78 is 48.3. The molecule has 0 amide bonds. The number of hydrogen-bond donors (Lipinski definition) is 2. The summed E-state index contributed by atoms with van der Waals surface area (Å²) in [6.07, 6.45) is 0. The molecule has 1 atom stereocenters. The molecule has 3 N–H and O–H groups in total. The highest BCUT2D eigenvalue weighted by Gasteiger charge is 2.23. The van der Waals surface area contributed by atoms with Gasteiger partial charge in [0, 0.05) is 11.6 Å². The minimum absolute atomic E-state index is 0.106.